The molecule has 2 aliphatic heterocycles. The Morgan fingerprint density at radius 3 is 2.30 bits per heavy atom. The van der Waals surface area contributed by atoms with E-state index in [2.05, 4.69) is 4.90 Å². The van der Waals surface area contributed by atoms with Crippen molar-refractivity contribution in [3.8, 4) is 5.75 Å². The molecule has 0 aromatic heterocycles. The van der Waals surface area contributed by atoms with Crippen molar-refractivity contribution < 1.29 is 24.5 Å². The third-order valence-electron chi connectivity index (χ3n) is 5.56. The number of Topliss-reactive ketones (excluding diaryl/α,β-unsaturated/α-hetero) is 1. The van der Waals surface area contributed by atoms with E-state index >= 15 is 0 Å². The number of aliphatic hydroxyl groups excluding tert-OH is 1. The van der Waals surface area contributed by atoms with Gasteiger partial charge in [-0.2, -0.15) is 0 Å². The van der Waals surface area contributed by atoms with Gasteiger partial charge in [-0.3, -0.25) is 14.5 Å². The van der Waals surface area contributed by atoms with E-state index in [1.807, 2.05) is 6.07 Å². The minimum atomic E-state index is -0.716. The van der Waals surface area contributed by atoms with Gasteiger partial charge in [0.15, 0.2) is 0 Å². The van der Waals surface area contributed by atoms with Crippen LogP contribution in [0.1, 0.15) is 17.2 Å². The molecule has 7 nitrogen and oxygen atoms in total. The van der Waals surface area contributed by atoms with Crippen LogP contribution in [-0.4, -0.2) is 71.1 Å². The molecule has 0 unspecified atom stereocenters. The van der Waals surface area contributed by atoms with E-state index in [1.54, 1.807) is 36.4 Å². The molecule has 2 fully saturated rings. The summed E-state index contributed by atoms with van der Waals surface area (Å²) < 4.78 is 5.37. The van der Waals surface area contributed by atoms with E-state index in [0.717, 1.165) is 13.1 Å². The quantitative estimate of drug-likeness (QED) is 0.448. The Hall–Kier alpha value is -3.16. The molecule has 30 heavy (non-hydrogen) atoms. The van der Waals surface area contributed by atoms with Crippen molar-refractivity contribution in [2.24, 2.45) is 0 Å². The van der Waals surface area contributed by atoms with E-state index in [1.165, 1.54) is 17.0 Å². The zero-order valence-electron chi connectivity index (χ0n) is 16.5. The first kappa shape index (κ1) is 20.1. The van der Waals surface area contributed by atoms with Crippen LogP contribution in [0.15, 0.2) is 60.2 Å². The number of aliphatic hydroxyl groups is 1. The van der Waals surface area contributed by atoms with Crippen LogP contribution < -0.4 is 0 Å². The summed E-state index contributed by atoms with van der Waals surface area (Å²) in [7, 11) is 0. The summed E-state index contributed by atoms with van der Waals surface area (Å²) in [4.78, 5) is 29.6. The molecule has 2 aromatic rings. The SMILES string of the molecule is O=C1C(=O)N(CCN2CCOCC2)[C@@H](c2ccc(O)cc2)C1=C(O)c1ccccc1. The normalized spacial score (nSPS) is 21.9. The van der Waals surface area contributed by atoms with Crippen molar-refractivity contribution in [1.29, 1.82) is 0 Å². The second kappa shape index (κ2) is 8.69. The van der Waals surface area contributed by atoms with Crippen molar-refractivity contribution >= 4 is 17.4 Å². The second-order valence-electron chi connectivity index (χ2n) is 7.40. The Morgan fingerprint density at radius 1 is 0.967 bits per heavy atom. The number of nitrogens with zero attached hydrogens (tertiary/aromatic N) is 2. The Balaban J connectivity index is 1.72. The minimum Gasteiger partial charge on any atom is -0.508 e. The largest absolute Gasteiger partial charge is 0.508 e. The van der Waals surface area contributed by atoms with Crippen molar-refractivity contribution in [3.63, 3.8) is 0 Å². The third kappa shape index (κ3) is 3.94. The van der Waals surface area contributed by atoms with Crippen LogP contribution >= 0.6 is 0 Å². The molecular formula is C23H24N2O5. The maximum atomic E-state index is 12.9. The zero-order chi connectivity index (χ0) is 21.1. The molecule has 0 radical (unpaired) electrons. The van der Waals surface area contributed by atoms with Gasteiger partial charge < -0.3 is 19.8 Å². The molecule has 0 spiro atoms. The van der Waals surface area contributed by atoms with Crippen LogP contribution in [0.2, 0.25) is 0 Å². The second-order valence-corrected chi connectivity index (χ2v) is 7.40. The molecule has 2 aliphatic rings. The lowest BCUT2D eigenvalue weighted by molar-refractivity contribution is -0.140. The van der Waals surface area contributed by atoms with E-state index in [0.29, 0.717) is 37.4 Å². The van der Waals surface area contributed by atoms with Gasteiger partial charge in [-0.25, -0.2) is 0 Å². The first-order valence-corrected chi connectivity index (χ1v) is 9.99. The van der Waals surface area contributed by atoms with E-state index in [4.69, 9.17) is 4.74 Å². The molecule has 7 heteroatoms. The van der Waals surface area contributed by atoms with Gasteiger partial charge in [0.25, 0.3) is 11.7 Å². The molecule has 2 heterocycles. The highest BCUT2D eigenvalue weighted by atomic mass is 16.5. The molecular weight excluding hydrogens is 384 g/mol. The van der Waals surface area contributed by atoms with Gasteiger partial charge in [-0.05, 0) is 17.7 Å². The first-order chi connectivity index (χ1) is 14.6. The summed E-state index contributed by atoms with van der Waals surface area (Å²) in [5, 5.41) is 20.6. The van der Waals surface area contributed by atoms with Crippen LogP contribution in [0, 0.1) is 0 Å². The van der Waals surface area contributed by atoms with E-state index in [9.17, 15) is 19.8 Å². The molecule has 2 saturated heterocycles. The molecule has 1 atom stereocenters. The number of likely N-dealkylation sites (tertiary alicyclic amines) is 1. The summed E-state index contributed by atoms with van der Waals surface area (Å²) in [5.74, 6) is -1.43. The van der Waals surface area contributed by atoms with E-state index < -0.39 is 17.7 Å². The number of amides is 1. The molecule has 2 aromatic carbocycles. The Morgan fingerprint density at radius 2 is 1.63 bits per heavy atom. The summed E-state index contributed by atoms with van der Waals surface area (Å²) in [6.07, 6.45) is 0. The lowest BCUT2D eigenvalue weighted by Crippen LogP contribution is -2.42. The fourth-order valence-electron chi connectivity index (χ4n) is 3.94. The number of phenolic OH excluding ortho intramolecular Hbond substituents is 1. The number of ketones is 1. The Kier molecular flexibility index (Phi) is 5.83. The fourth-order valence-corrected chi connectivity index (χ4v) is 3.94. The van der Waals surface area contributed by atoms with Crippen molar-refractivity contribution in [1.82, 2.24) is 9.80 Å². The molecule has 0 aliphatic carbocycles. The van der Waals surface area contributed by atoms with Gasteiger partial charge in [0.1, 0.15) is 11.5 Å². The lowest BCUT2D eigenvalue weighted by Gasteiger charge is -2.31. The Bertz CT molecular complexity index is 949. The van der Waals surface area contributed by atoms with E-state index in [-0.39, 0.29) is 17.1 Å². The Labute approximate surface area is 174 Å². The highest BCUT2D eigenvalue weighted by Gasteiger charge is 2.46. The van der Waals surface area contributed by atoms with Crippen LogP contribution in [0.5, 0.6) is 5.75 Å². The maximum Gasteiger partial charge on any atom is 0.295 e. The van der Waals surface area contributed by atoms with Crippen LogP contribution in [0.25, 0.3) is 5.76 Å². The fraction of sp³-hybridized carbons (Fsp3) is 0.304. The predicted molar refractivity (Wildman–Crippen MR) is 111 cm³/mol. The number of hydrogen-bond donors (Lipinski definition) is 2. The predicted octanol–water partition coefficient (Wildman–Crippen LogP) is 2.15. The van der Waals surface area contributed by atoms with Gasteiger partial charge in [0, 0.05) is 31.7 Å². The molecule has 0 saturated carbocycles. The highest BCUT2D eigenvalue weighted by molar-refractivity contribution is 6.46. The third-order valence-corrected chi connectivity index (χ3v) is 5.56. The summed E-state index contributed by atoms with van der Waals surface area (Å²) >= 11 is 0. The van der Waals surface area contributed by atoms with Crippen LogP contribution in [-0.2, 0) is 14.3 Å². The maximum absolute atomic E-state index is 12.9. The number of phenols is 1. The average molecular weight is 408 g/mol. The van der Waals surface area contributed by atoms with Gasteiger partial charge in [-0.1, -0.05) is 42.5 Å². The lowest BCUT2D eigenvalue weighted by atomic mass is 9.95. The number of hydrogen-bond acceptors (Lipinski definition) is 6. The van der Waals surface area contributed by atoms with Gasteiger partial charge in [-0.15, -0.1) is 0 Å². The van der Waals surface area contributed by atoms with Gasteiger partial charge in [0.05, 0.1) is 24.8 Å². The standard InChI is InChI=1S/C23H24N2O5/c26-18-8-6-16(7-9-18)20-19(21(27)17-4-2-1-3-5-17)22(28)23(29)25(20)11-10-24-12-14-30-15-13-24/h1-9,20,26-27H,10-15H2/t20-/m0/s1. The molecule has 0 bridgehead atoms. The van der Waals surface area contributed by atoms with Crippen molar-refractivity contribution in [3.05, 3.63) is 71.3 Å². The highest BCUT2D eigenvalue weighted by Crippen LogP contribution is 2.39. The number of morpholine rings is 1. The first-order valence-electron chi connectivity index (χ1n) is 9.99. The topological polar surface area (TPSA) is 90.3 Å². The van der Waals surface area contributed by atoms with Gasteiger partial charge >= 0.3 is 0 Å². The smallest absolute Gasteiger partial charge is 0.295 e. The summed E-state index contributed by atoms with van der Waals surface area (Å²) in [6.45, 7) is 3.80. The van der Waals surface area contributed by atoms with Crippen LogP contribution in [0.4, 0.5) is 0 Å². The number of aromatic hydroxyl groups is 1. The number of benzene rings is 2. The number of ether oxygens (including phenoxy) is 1. The number of rotatable bonds is 5. The monoisotopic (exact) mass is 408 g/mol. The zero-order valence-corrected chi connectivity index (χ0v) is 16.5. The molecule has 156 valence electrons. The van der Waals surface area contributed by atoms with Gasteiger partial charge in [0.2, 0.25) is 0 Å². The number of carbonyl (C=O) groups excluding carboxylic acids is 2. The summed E-state index contributed by atoms with van der Waals surface area (Å²) in [5.41, 5.74) is 1.21. The van der Waals surface area contributed by atoms with Crippen molar-refractivity contribution in [2.75, 3.05) is 39.4 Å². The molecule has 2 N–H and O–H groups in total. The number of carbonyl (C=O) groups is 2. The van der Waals surface area contributed by atoms with Crippen LogP contribution in [0.3, 0.4) is 0 Å². The molecule has 1 amide bonds. The van der Waals surface area contributed by atoms with Crippen molar-refractivity contribution in [2.45, 2.75) is 6.04 Å². The summed E-state index contributed by atoms with van der Waals surface area (Å²) in [6, 6.07) is 14.4. The minimum absolute atomic E-state index is 0.0684. The average Bonchev–Trinajstić information content (AvgIpc) is 3.04. The molecule has 4 rings (SSSR count).